The summed E-state index contributed by atoms with van der Waals surface area (Å²) < 4.78 is 0. The molecular weight excluding hydrogens is 250 g/mol. The molecule has 0 unspecified atom stereocenters. The molecule has 1 spiro atoms. The number of hydrogen-bond donors (Lipinski definition) is 1. The van der Waals surface area contributed by atoms with E-state index in [0.29, 0.717) is 5.41 Å². The van der Waals surface area contributed by atoms with Crippen LogP contribution in [0.4, 0.5) is 0 Å². The second-order valence-corrected chi connectivity index (χ2v) is 7.22. The van der Waals surface area contributed by atoms with E-state index in [4.69, 9.17) is 0 Å². The first-order chi connectivity index (χ1) is 9.18. The SMILES string of the molecule is Cc1ccc(C)c(-c2cc3c(s2)C2(CC2)CNC3)c1. The van der Waals surface area contributed by atoms with Crippen molar-refractivity contribution in [2.75, 3.05) is 6.54 Å². The molecule has 0 amide bonds. The molecule has 2 aliphatic rings. The molecule has 2 heterocycles. The Balaban J connectivity index is 1.85. The van der Waals surface area contributed by atoms with E-state index in [1.807, 2.05) is 11.3 Å². The molecule has 0 saturated heterocycles. The Labute approximate surface area is 118 Å². The Morgan fingerprint density at radius 2 is 2.00 bits per heavy atom. The largest absolute Gasteiger partial charge is 0.312 e. The van der Waals surface area contributed by atoms with Gasteiger partial charge < -0.3 is 5.32 Å². The van der Waals surface area contributed by atoms with Gasteiger partial charge in [0.05, 0.1) is 0 Å². The lowest BCUT2D eigenvalue weighted by atomic mass is 9.96. The maximum Gasteiger partial charge on any atom is 0.0351 e. The molecule has 98 valence electrons. The molecule has 0 atom stereocenters. The van der Waals surface area contributed by atoms with Gasteiger partial charge in [0.2, 0.25) is 0 Å². The number of aryl methyl sites for hydroxylation is 2. The molecule has 1 aromatic carbocycles. The lowest BCUT2D eigenvalue weighted by Gasteiger charge is -2.22. The van der Waals surface area contributed by atoms with Gasteiger partial charge in [0.15, 0.2) is 0 Å². The highest BCUT2D eigenvalue weighted by atomic mass is 32.1. The molecule has 1 nitrogen and oxygen atoms in total. The molecule has 1 saturated carbocycles. The summed E-state index contributed by atoms with van der Waals surface area (Å²) >= 11 is 2.04. The van der Waals surface area contributed by atoms with E-state index in [-0.39, 0.29) is 0 Å². The molecule has 1 N–H and O–H groups in total. The zero-order valence-corrected chi connectivity index (χ0v) is 12.4. The zero-order chi connectivity index (χ0) is 13.0. The Kier molecular flexibility index (Phi) is 2.42. The van der Waals surface area contributed by atoms with E-state index in [1.54, 1.807) is 10.4 Å². The van der Waals surface area contributed by atoms with Gasteiger partial charge >= 0.3 is 0 Å². The van der Waals surface area contributed by atoms with Crippen molar-refractivity contribution in [3.63, 3.8) is 0 Å². The van der Waals surface area contributed by atoms with Crippen LogP contribution in [0.3, 0.4) is 0 Å². The molecule has 2 aromatic rings. The lowest BCUT2D eigenvalue weighted by molar-refractivity contribution is 0.541. The number of thiophene rings is 1. The van der Waals surface area contributed by atoms with Gasteiger partial charge in [0.1, 0.15) is 0 Å². The Morgan fingerprint density at radius 1 is 1.16 bits per heavy atom. The van der Waals surface area contributed by atoms with E-state index in [2.05, 4.69) is 43.4 Å². The summed E-state index contributed by atoms with van der Waals surface area (Å²) in [7, 11) is 0. The van der Waals surface area contributed by atoms with Crippen molar-refractivity contribution in [3.05, 3.63) is 45.8 Å². The third-order valence-corrected chi connectivity index (χ3v) is 6.04. The summed E-state index contributed by atoms with van der Waals surface area (Å²) in [6.45, 7) is 6.64. The van der Waals surface area contributed by atoms with E-state index >= 15 is 0 Å². The van der Waals surface area contributed by atoms with Crippen LogP contribution >= 0.6 is 11.3 Å². The molecule has 19 heavy (non-hydrogen) atoms. The van der Waals surface area contributed by atoms with Crippen LogP contribution in [0.5, 0.6) is 0 Å². The summed E-state index contributed by atoms with van der Waals surface area (Å²) in [4.78, 5) is 3.13. The van der Waals surface area contributed by atoms with Crippen molar-refractivity contribution in [1.29, 1.82) is 0 Å². The average molecular weight is 269 g/mol. The van der Waals surface area contributed by atoms with Crippen LogP contribution in [0, 0.1) is 13.8 Å². The van der Waals surface area contributed by atoms with E-state index in [0.717, 1.165) is 6.54 Å². The van der Waals surface area contributed by atoms with Gasteiger partial charge in [-0.15, -0.1) is 11.3 Å². The highest BCUT2D eigenvalue weighted by Crippen LogP contribution is 2.54. The Bertz CT molecular complexity index is 649. The summed E-state index contributed by atoms with van der Waals surface area (Å²) in [5.41, 5.74) is 6.22. The minimum Gasteiger partial charge on any atom is -0.312 e. The standard InChI is InChI=1S/C17H19NS/c1-11-3-4-12(2)14(7-11)15-8-13-9-18-10-17(5-6-17)16(13)19-15/h3-4,7-8,18H,5-6,9-10H2,1-2H3. The minimum absolute atomic E-state index is 0.508. The number of nitrogens with one attached hydrogen (secondary N) is 1. The number of fused-ring (bicyclic) bond motifs is 2. The van der Waals surface area contributed by atoms with Crippen LogP contribution < -0.4 is 5.32 Å². The monoisotopic (exact) mass is 269 g/mol. The van der Waals surface area contributed by atoms with Gasteiger partial charge in [0.25, 0.3) is 0 Å². The lowest BCUT2D eigenvalue weighted by Crippen LogP contribution is -2.31. The molecule has 1 aromatic heterocycles. The first-order valence-corrected chi connectivity index (χ1v) is 7.91. The molecule has 1 aliphatic carbocycles. The van der Waals surface area contributed by atoms with Gasteiger partial charge in [-0.05, 0) is 49.4 Å². The smallest absolute Gasteiger partial charge is 0.0351 e. The first-order valence-electron chi connectivity index (χ1n) is 7.09. The quantitative estimate of drug-likeness (QED) is 0.819. The first kappa shape index (κ1) is 11.7. The molecule has 0 radical (unpaired) electrons. The van der Waals surface area contributed by atoms with Crippen molar-refractivity contribution in [3.8, 4) is 10.4 Å². The molecular formula is C17H19NS. The van der Waals surface area contributed by atoms with Gasteiger partial charge in [0, 0.05) is 28.3 Å². The van der Waals surface area contributed by atoms with Crippen LogP contribution in [-0.2, 0) is 12.0 Å². The van der Waals surface area contributed by atoms with Crippen molar-refractivity contribution in [2.45, 2.75) is 38.6 Å². The molecule has 1 aliphatic heterocycles. The average Bonchev–Trinajstić information content (AvgIpc) is 3.01. The second kappa shape index (κ2) is 3.94. The number of benzene rings is 1. The number of hydrogen-bond acceptors (Lipinski definition) is 2. The zero-order valence-electron chi connectivity index (χ0n) is 11.5. The Hall–Kier alpha value is -1.12. The third-order valence-electron chi connectivity index (χ3n) is 4.58. The van der Waals surface area contributed by atoms with E-state index in [9.17, 15) is 0 Å². The van der Waals surface area contributed by atoms with Crippen LogP contribution in [0.25, 0.3) is 10.4 Å². The number of rotatable bonds is 1. The predicted molar refractivity (Wildman–Crippen MR) is 81.8 cm³/mol. The van der Waals surface area contributed by atoms with Crippen molar-refractivity contribution in [2.24, 2.45) is 0 Å². The van der Waals surface area contributed by atoms with Gasteiger partial charge in [-0.1, -0.05) is 23.8 Å². The normalized spacial score (nSPS) is 19.5. The fraction of sp³-hybridized carbons (Fsp3) is 0.412. The Morgan fingerprint density at radius 3 is 2.79 bits per heavy atom. The molecule has 0 bridgehead atoms. The maximum atomic E-state index is 3.59. The predicted octanol–water partition coefficient (Wildman–Crippen LogP) is 4.17. The maximum absolute atomic E-state index is 3.59. The van der Waals surface area contributed by atoms with Gasteiger partial charge in [-0.2, -0.15) is 0 Å². The molecule has 2 heteroatoms. The fourth-order valence-electron chi connectivity index (χ4n) is 3.21. The van der Waals surface area contributed by atoms with Crippen LogP contribution in [0.15, 0.2) is 24.3 Å². The summed E-state index contributed by atoms with van der Waals surface area (Å²) in [6, 6.07) is 9.21. The van der Waals surface area contributed by atoms with Crippen LogP contribution in [-0.4, -0.2) is 6.54 Å². The summed E-state index contributed by atoms with van der Waals surface area (Å²) in [5, 5.41) is 3.59. The van der Waals surface area contributed by atoms with Crippen molar-refractivity contribution in [1.82, 2.24) is 5.32 Å². The highest BCUT2D eigenvalue weighted by molar-refractivity contribution is 7.16. The minimum atomic E-state index is 0.508. The van der Waals surface area contributed by atoms with Gasteiger partial charge in [-0.25, -0.2) is 0 Å². The third kappa shape index (κ3) is 1.78. The molecule has 4 rings (SSSR count). The van der Waals surface area contributed by atoms with E-state index in [1.165, 1.54) is 41.0 Å². The van der Waals surface area contributed by atoms with Crippen LogP contribution in [0.2, 0.25) is 0 Å². The fourth-order valence-corrected chi connectivity index (χ4v) is 4.72. The van der Waals surface area contributed by atoms with E-state index < -0.39 is 0 Å². The van der Waals surface area contributed by atoms with Crippen molar-refractivity contribution >= 4 is 11.3 Å². The second-order valence-electron chi connectivity index (χ2n) is 6.17. The summed E-state index contributed by atoms with van der Waals surface area (Å²) in [6.07, 6.45) is 2.75. The van der Waals surface area contributed by atoms with Crippen LogP contribution in [0.1, 0.15) is 34.4 Å². The summed E-state index contributed by atoms with van der Waals surface area (Å²) in [5.74, 6) is 0. The van der Waals surface area contributed by atoms with Gasteiger partial charge in [-0.3, -0.25) is 0 Å². The topological polar surface area (TPSA) is 12.0 Å². The highest BCUT2D eigenvalue weighted by Gasteiger charge is 2.48. The molecule has 1 fully saturated rings. The van der Waals surface area contributed by atoms with Crippen molar-refractivity contribution < 1.29 is 0 Å².